The number of amides is 7. The molecule has 1 saturated carbocycles. The molecule has 0 aromatic carbocycles. The summed E-state index contributed by atoms with van der Waals surface area (Å²) in [5.41, 5.74) is 5.92. The van der Waals surface area contributed by atoms with Gasteiger partial charge in [-0.2, -0.15) is 11.8 Å². The first-order valence-corrected chi connectivity index (χ1v) is 20.3. The van der Waals surface area contributed by atoms with Gasteiger partial charge in [-0.1, -0.05) is 66.2 Å². The van der Waals surface area contributed by atoms with Gasteiger partial charge in [0.15, 0.2) is 0 Å². The van der Waals surface area contributed by atoms with E-state index >= 15 is 0 Å². The summed E-state index contributed by atoms with van der Waals surface area (Å²) >= 11 is 1.44. The van der Waals surface area contributed by atoms with E-state index in [0.717, 1.165) is 32.1 Å². The van der Waals surface area contributed by atoms with Crippen LogP contribution in [0.1, 0.15) is 106 Å². The molecular formula is C36H66N8O8S. The minimum atomic E-state index is -1.30. The van der Waals surface area contributed by atoms with E-state index in [-0.39, 0.29) is 24.2 Å². The molecule has 10 N–H and O–H groups in total. The van der Waals surface area contributed by atoms with Gasteiger partial charge in [-0.3, -0.25) is 33.6 Å². The Bertz CT molecular complexity index is 1220. The molecule has 0 bridgehead atoms. The Hall–Kier alpha value is -3.44. The summed E-state index contributed by atoms with van der Waals surface area (Å²) in [5, 5.41) is 28.1. The van der Waals surface area contributed by atoms with E-state index in [0.29, 0.717) is 30.9 Å². The maximum Gasteiger partial charge on any atom is 0.246 e. The van der Waals surface area contributed by atoms with Crippen LogP contribution in [0.4, 0.5) is 0 Å². The van der Waals surface area contributed by atoms with Crippen molar-refractivity contribution in [2.75, 3.05) is 18.6 Å². The molecular weight excluding hydrogens is 705 g/mol. The number of nitrogens with two attached hydrogens (primary N) is 1. The van der Waals surface area contributed by atoms with E-state index in [1.165, 1.54) is 32.5 Å². The molecule has 0 heterocycles. The third-order valence-corrected chi connectivity index (χ3v) is 10.0. The first kappa shape index (κ1) is 47.6. The van der Waals surface area contributed by atoms with Crippen molar-refractivity contribution in [2.24, 2.45) is 23.5 Å². The average molecular weight is 771 g/mol. The van der Waals surface area contributed by atoms with Crippen molar-refractivity contribution in [3.63, 3.8) is 0 Å². The molecule has 53 heavy (non-hydrogen) atoms. The number of thioether (sulfide) groups is 1. The largest absolute Gasteiger partial charge is 0.394 e. The highest BCUT2D eigenvalue weighted by atomic mass is 32.2. The zero-order valence-corrected chi connectivity index (χ0v) is 33.7. The number of hydrogen-bond acceptors (Lipinski definition) is 10. The van der Waals surface area contributed by atoms with Gasteiger partial charge in [0, 0.05) is 6.92 Å². The van der Waals surface area contributed by atoms with Crippen molar-refractivity contribution in [1.29, 1.82) is 0 Å². The summed E-state index contributed by atoms with van der Waals surface area (Å²) < 4.78 is 0. The third-order valence-electron chi connectivity index (χ3n) is 9.40. The molecule has 0 radical (unpaired) electrons. The summed E-state index contributed by atoms with van der Waals surface area (Å²) in [6.45, 7) is 11.1. The van der Waals surface area contributed by atoms with Crippen molar-refractivity contribution in [1.82, 2.24) is 37.2 Å². The summed E-state index contributed by atoms with van der Waals surface area (Å²) in [6, 6.07) is -6.39. The molecule has 7 amide bonds. The molecule has 1 aliphatic rings. The first-order chi connectivity index (χ1) is 24.9. The van der Waals surface area contributed by atoms with Crippen LogP contribution in [0.25, 0.3) is 0 Å². The number of aliphatic hydroxyl groups is 1. The smallest absolute Gasteiger partial charge is 0.246 e. The monoisotopic (exact) mass is 770 g/mol. The average Bonchev–Trinajstić information content (AvgIpc) is 3.09. The summed E-state index contributed by atoms with van der Waals surface area (Å²) in [4.78, 5) is 91.0. The number of nitrogens with one attached hydrogen (secondary N) is 7. The number of aliphatic hydroxyl groups excluding tert-OH is 1. The highest BCUT2D eigenvalue weighted by molar-refractivity contribution is 7.98. The second kappa shape index (κ2) is 24.8. The van der Waals surface area contributed by atoms with E-state index in [1.54, 1.807) is 6.92 Å². The Kier molecular flexibility index (Phi) is 22.3. The van der Waals surface area contributed by atoms with Crippen LogP contribution in [0.15, 0.2) is 0 Å². The van der Waals surface area contributed by atoms with Crippen LogP contribution in [0.2, 0.25) is 0 Å². The molecule has 1 rings (SSSR count). The van der Waals surface area contributed by atoms with E-state index in [2.05, 4.69) is 37.2 Å². The van der Waals surface area contributed by atoms with Gasteiger partial charge < -0.3 is 48.1 Å². The number of hydrogen-bond donors (Lipinski definition) is 9. The van der Waals surface area contributed by atoms with Crippen molar-refractivity contribution in [3.05, 3.63) is 0 Å². The molecule has 17 heteroatoms. The summed E-state index contributed by atoms with van der Waals surface area (Å²) in [6.07, 6.45) is 8.13. The maximum atomic E-state index is 13.5. The highest BCUT2D eigenvalue weighted by Gasteiger charge is 2.34. The second-order valence-corrected chi connectivity index (χ2v) is 15.6. The first-order valence-electron chi connectivity index (χ1n) is 18.9. The van der Waals surface area contributed by atoms with Crippen LogP contribution in [-0.2, 0) is 33.6 Å². The van der Waals surface area contributed by atoms with Crippen LogP contribution in [0.5, 0.6) is 0 Å². The fraction of sp³-hybridized carbons (Fsp3) is 0.806. The lowest BCUT2D eigenvalue weighted by atomic mass is 9.84. The van der Waals surface area contributed by atoms with E-state index in [4.69, 9.17) is 5.73 Å². The quantitative estimate of drug-likeness (QED) is 0.0637. The van der Waals surface area contributed by atoms with Gasteiger partial charge in [0.25, 0.3) is 0 Å². The Balaban J connectivity index is 2.93. The predicted octanol–water partition coefficient (Wildman–Crippen LogP) is 0.164. The fourth-order valence-corrected chi connectivity index (χ4v) is 6.55. The lowest BCUT2D eigenvalue weighted by Crippen LogP contribution is -2.60. The van der Waals surface area contributed by atoms with Crippen LogP contribution in [0.3, 0.4) is 0 Å². The summed E-state index contributed by atoms with van der Waals surface area (Å²) in [5.74, 6) is -3.43. The van der Waals surface area contributed by atoms with Gasteiger partial charge in [0.05, 0.1) is 12.8 Å². The molecule has 0 aliphatic heterocycles. The Morgan fingerprint density at radius 2 is 1.23 bits per heavy atom. The number of carbonyl (C=O) groups excluding carboxylic acids is 7. The Morgan fingerprint density at radius 3 is 1.74 bits per heavy atom. The molecule has 1 aliphatic carbocycles. The normalized spacial score (nSPS) is 17.8. The van der Waals surface area contributed by atoms with E-state index in [1.807, 2.05) is 27.0 Å². The Labute approximate surface area is 319 Å². The zero-order chi connectivity index (χ0) is 40.2. The molecule has 304 valence electrons. The van der Waals surface area contributed by atoms with Crippen molar-refractivity contribution < 1.29 is 38.7 Å². The third kappa shape index (κ3) is 18.0. The van der Waals surface area contributed by atoms with Gasteiger partial charge in [-0.15, -0.1) is 0 Å². The minimum absolute atomic E-state index is 0.209. The van der Waals surface area contributed by atoms with Gasteiger partial charge in [0.1, 0.15) is 36.3 Å². The van der Waals surface area contributed by atoms with E-state index in [9.17, 15) is 38.7 Å². The lowest BCUT2D eigenvalue weighted by Gasteiger charge is -2.30. The number of rotatable bonds is 23. The van der Waals surface area contributed by atoms with Crippen LogP contribution < -0.4 is 43.0 Å². The van der Waals surface area contributed by atoms with Crippen molar-refractivity contribution in [3.8, 4) is 0 Å². The van der Waals surface area contributed by atoms with Crippen molar-refractivity contribution >= 4 is 53.1 Å². The summed E-state index contributed by atoms with van der Waals surface area (Å²) in [7, 11) is 0. The second-order valence-electron chi connectivity index (χ2n) is 14.7. The maximum absolute atomic E-state index is 13.5. The molecule has 0 aromatic rings. The topological polar surface area (TPSA) is 250 Å². The minimum Gasteiger partial charge on any atom is -0.394 e. The molecule has 8 atom stereocenters. The van der Waals surface area contributed by atoms with Crippen LogP contribution in [-0.4, -0.2) is 107 Å². The van der Waals surface area contributed by atoms with Crippen LogP contribution in [0, 0.1) is 17.8 Å². The molecule has 1 fully saturated rings. The number of carbonyl (C=O) groups is 7. The van der Waals surface area contributed by atoms with Crippen molar-refractivity contribution in [2.45, 2.75) is 149 Å². The fourth-order valence-electron chi connectivity index (χ4n) is 6.08. The predicted molar refractivity (Wildman–Crippen MR) is 205 cm³/mol. The molecule has 0 unspecified atom stereocenters. The van der Waals surface area contributed by atoms with Gasteiger partial charge in [-0.25, -0.2) is 0 Å². The van der Waals surface area contributed by atoms with E-state index < -0.39 is 84.5 Å². The molecule has 0 saturated heterocycles. The Morgan fingerprint density at radius 1 is 0.698 bits per heavy atom. The molecule has 0 spiro atoms. The standard InChI is InChI=1S/C36H66N8O8S/c1-9-21(4)30(44-34(50)27(40-24(7)46)18-25-13-11-10-12-14-25)36(52)39-23(6)31(47)41-26(15-16-53-8)33(49)38-22(5)32(48)42-28(19-45)35(51)43-29(37)17-20(2)3/h20-23,25-30,45H,9-19,37H2,1-8H3,(H,38,49)(H,39,52)(H,40,46)(H,41,47)(H,42,48)(H,43,51)(H,44,50)/t21-,22+,23+,26+,27+,28+,29+,30+/m1/s1. The van der Waals surface area contributed by atoms with Gasteiger partial charge in [-0.05, 0) is 62.9 Å². The molecule has 16 nitrogen and oxygen atoms in total. The zero-order valence-electron chi connectivity index (χ0n) is 32.8. The van der Waals surface area contributed by atoms with Crippen LogP contribution >= 0.6 is 11.8 Å². The lowest BCUT2D eigenvalue weighted by molar-refractivity contribution is -0.135. The van der Waals surface area contributed by atoms with Gasteiger partial charge in [0.2, 0.25) is 41.4 Å². The van der Waals surface area contributed by atoms with Gasteiger partial charge >= 0.3 is 0 Å². The molecule has 0 aromatic heterocycles. The highest BCUT2D eigenvalue weighted by Crippen LogP contribution is 2.27. The SMILES string of the molecule is CC[C@@H](C)[C@H](NC(=O)[C@H](CC1CCCCC1)NC(C)=O)C(=O)N[C@@H](C)C(=O)N[C@@H](CCSC)C(=O)N[C@@H](C)C(=O)N[C@@H](CO)C(=O)N[C@H](N)CC(C)C.